The van der Waals surface area contributed by atoms with Crippen LogP contribution >= 0.6 is 0 Å². The number of halogens is 2. The van der Waals surface area contributed by atoms with E-state index in [-0.39, 0.29) is 5.75 Å². The lowest BCUT2D eigenvalue weighted by atomic mass is 10.2. The maximum absolute atomic E-state index is 13.1. The summed E-state index contributed by atoms with van der Waals surface area (Å²) in [6.45, 7) is 2.52. The lowest BCUT2D eigenvalue weighted by Gasteiger charge is -2.11. The third-order valence-electron chi connectivity index (χ3n) is 2.57. The Morgan fingerprint density at radius 2 is 1.70 bits per heavy atom. The highest BCUT2D eigenvalue weighted by Crippen LogP contribution is 2.30. The SMILES string of the molecule is CCCOc1cc(Oc2ccc(F)c(F)c2)ccc1N. The highest BCUT2D eigenvalue weighted by molar-refractivity contribution is 5.56. The normalized spacial score (nSPS) is 10.3. The molecule has 0 atom stereocenters. The van der Waals surface area contributed by atoms with Crippen molar-refractivity contribution in [2.75, 3.05) is 12.3 Å². The number of nitrogens with two attached hydrogens (primary N) is 1. The molecule has 0 fully saturated rings. The fourth-order valence-electron chi connectivity index (χ4n) is 1.59. The first-order valence-electron chi connectivity index (χ1n) is 6.25. The molecule has 0 saturated heterocycles. The van der Waals surface area contributed by atoms with Crippen molar-refractivity contribution in [3.8, 4) is 17.2 Å². The van der Waals surface area contributed by atoms with E-state index in [4.69, 9.17) is 15.2 Å². The van der Waals surface area contributed by atoms with Gasteiger partial charge in [-0.2, -0.15) is 0 Å². The van der Waals surface area contributed by atoms with Crippen molar-refractivity contribution in [2.24, 2.45) is 0 Å². The number of hydrogen-bond acceptors (Lipinski definition) is 3. The largest absolute Gasteiger partial charge is 0.491 e. The van der Waals surface area contributed by atoms with Crippen molar-refractivity contribution < 1.29 is 18.3 Å². The predicted molar refractivity (Wildman–Crippen MR) is 73.1 cm³/mol. The molecule has 0 aliphatic rings. The Kier molecular flexibility index (Phi) is 4.40. The number of anilines is 1. The summed E-state index contributed by atoms with van der Waals surface area (Å²) in [4.78, 5) is 0. The van der Waals surface area contributed by atoms with Gasteiger partial charge in [0.15, 0.2) is 11.6 Å². The van der Waals surface area contributed by atoms with Gasteiger partial charge in [-0.05, 0) is 30.7 Å². The summed E-state index contributed by atoms with van der Waals surface area (Å²) in [5.74, 6) is -0.722. The summed E-state index contributed by atoms with van der Waals surface area (Å²) in [6.07, 6.45) is 0.855. The van der Waals surface area contributed by atoms with Crippen LogP contribution in [0.5, 0.6) is 17.2 Å². The first kappa shape index (κ1) is 14.1. The van der Waals surface area contributed by atoms with Crippen molar-refractivity contribution in [3.05, 3.63) is 48.0 Å². The van der Waals surface area contributed by atoms with E-state index in [0.29, 0.717) is 23.8 Å². The minimum absolute atomic E-state index is 0.204. The number of benzene rings is 2. The molecule has 3 nitrogen and oxygen atoms in total. The number of nitrogen functional groups attached to an aromatic ring is 1. The highest BCUT2D eigenvalue weighted by atomic mass is 19.2. The van der Waals surface area contributed by atoms with Crippen molar-refractivity contribution in [1.82, 2.24) is 0 Å². The second kappa shape index (κ2) is 6.23. The van der Waals surface area contributed by atoms with E-state index >= 15 is 0 Å². The van der Waals surface area contributed by atoms with Crippen LogP contribution in [-0.2, 0) is 0 Å². The first-order valence-corrected chi connectivity index (χ1v) is 6.25. The molecule has 5 heteroatoms. The molecule has 0 saturated carbocycles. The summed E-state index contributed by atoms with van der Waals surface area (Å²) >= 11 is 0. The Labute approximate surface area is 115 Å². The van der Waals surface area contributed by atoms with Crippen LogP contribution in [0.3, 0.4) is 0 Å². The molecule has 0 aliphatic heterocycles. The molecule has 0 radical (unpaired) electrons. The fraction of sp³-hybridized carbons (Fsp3) is 0.200. The molecule has 2 N–H and O–H groups in total. The highest BCUT2D eigenvalue weighted by Gasteiger charge is 2.07. The van der Waals surface area contributed by atoms with Crippen LogP contribution in [0.2, 0.25) is 0 Å². The Bertz CT molecular complexity index is 602. The van der Waals surface area contributed by atoms with Crippen LogP contribution in [0.4, 0.5) is 14.5 Å². The number of hydrogen-bond donors (Lipinski definition) is 1. The van der Waals surface area contributed by atoms with Gasteiger partial charge in [0, 0.05) is 12.1 Å². The standard InChI is InChI=1S/C15H15F2NO2/c1-2-7-19-15-9-11(4-6-14(15)18)20-10-3-5-12(16)13(17)8-10/h3-6,8-9H,2,7,18H2,1H3. The van der Waals surface area contributed by atoms with Gasteiger partial charge >= 0.3 is 0 Å². The lowest BCUT2D eigenvalue weighted by Crippen LogP contribution is -1.99. The average Bonchev–Trinajstić information content (AvgIpc) is 2.43. The Balaban J connectivity index is 2.18. The van der Waals surface area contributed by atoms with E-state index in [1.807, 2.05) is 6.92 Å². The van der Waals surface area contributed by atoms with Gasteiger partial charge in [0.1, 0.15) is 17.2 Å². The number of ether oxygens (including phenoxy) is 2. The first-order chi connectivity index (χ1) is 9.60. The molecule has 0 spiro atoms. The summed E-state index contributed by atoms with van der Waals surface area (Å²) in [5.41, 5.74) is 6.27. The molecule has 2 aromatic rings. The molecular formula is C15H15F2NO2. The van der Waals surface area contributed by atoms with Crippen molar-refractivity contribution >= 4 is 5.69 Å². The van der Waals surface area contributed by atoms with Crippen LogP contribution in [0.1, 0.15) is 13.3 Å². The molecule has 0 aromatic heterocycles. The van der Waals surface area contributed by atoms with Crippen LogP contribution in [0.15, 0.2) is 36.4 Å². The van der Waals surface area contributed by atoms with E-state index < -0.39 is 11.6 Å². The third kappa shape index (κ3) is 3.38. The third-order valence-corrected chi connectivity index (χ3v) is 2.57. The van der Waals surface area contributed by atoms with Crippen LogP contribution in [0, 0.1) is 11.6 Å². The molecular weight excluding hydrogens is 264 g/mol. The summed E-state index contributed by atoms with van der Waals surface area (Å²) in [5, 5.41) is 0. The van der Waals surface area contributed by atoms with E-state index in [9.17, 15) is 8.78 Å². The Morgan fingerprint density at radius 1 is 1.00 bits per heavy atom. The smallest absolute Gasteiger partial charge is 0.162 e. The predicted octanol–water partition coefficient (Wildman–Crippen LogP) is 4.13. The second-order valence-electron chi connectivity index (χ2n) is 4.23. The van der Waals surface area contributed by atoms with Gasteiger partial charge < -0.3 is 15.2 Å². The average molecular weight is 279 g/mol. The summed E-state index contributed by atoms with van der Waals surface area (Å²) in [6, 6.07) is 8.23. The molecule has 0 aliphatic carbocycles. The minimum Gasteiger partial charge on any atom is -0.491 e. The zero-order chi connectivity index (χ0) is 14.5. The van der Waals surface area contributed by atoms with Crippen molar-refractivity contribution in [3.63, 3.8) is 0 Å². The van der Waals surface area contributed by atoms with Crippen LogP contribution in [0.25, 0.3) is 0 Å². The molecule has 2 aromatic carbocycles. The molecule has 2 rings (SSSR count). The van der Waals surface area contributed by atoms with Gasteiger partial charge in [0.05, 0.1) is 12.3 Å². The van der Waals surface area contributed by atoms with Crippen molar-refractivity contribution in [2.45, 2.75) is 13.3 Å². The Hall–Kier alpha value is -2.30. The maximum atomic E-state index is 13.1. The molecule has 0 amide bonds. The topological polar surface area (TPSA) is 44.5 Å². The molecule has 20 heavy (non-hydrogen) atoms. The van der Waals surface area contributed by atoms with E-state index in [1.54, 1.807) is 18.2 Å². The van der Waals surface area contributed by atoms with E-state index in [2.05, 4.69) is 0 Å². The summed E-state index contributed by atoms with van der Waals surface area (Å²) in [7, 11) is 0. The zero-order valence-corrected chi connectivity index (χ0v) is 11.0. The lowest BCUT2D eigenvalue weighted by molar-refractivity contribution is 0.317. The van der Waals surface area contributed by atoms with Crippen LogP contribution < -0.4 is 15.2 Å². The van der Waals surface area contributed by atoms with Gasteiger partial charge in [-0.25, -0.2) is 8.78 Å². The maximum Gasteiger partial charge on any atom is 0.162 e. The van der Waals surface area contributed by atoms with Gasteiger partial charge in [0.25, 0.3) is 0 Å². The molecule has 0 bridgehead atoms. The van der Waals surface area contributed by atoms with Crippen molar-refractivity contribution in [1.29, 1.82) is 0 Å². The fourth-order valence-corrected chi connectivity index (χ4v) is 1.59. The monoisotopic (exact) mass is 279 g/mol. The summed E-state index contributed by atoms with van der Waals surface area (Å²) < 4.78 is 36.8. The molecule has 0 heterocycles. The number of rotatable bonds is 5. The minimum atomic E-state index is -0.958. The Morgan fingerprint density at radius 3 is 2.40 bits per heavy atom. The van der Waals surface area contributed by atoms with E-state index in [1.165, 1.54) is 6.07 Å². The molecule has 0 unspecified atom stereocenters. The van der Waals surface area contributed by atoms with Crippen LogP contribution in [-0.4, -0.2) is 6.61 Å². The second-order valence-corrected chi connectivity index (χ2v) is 4.23. The molecule has 106 valence electrons. The zero-order valence-electron chi connectivity index (χ0n) is 11.0. The quantitative estimate of drug-likeness (QED) is 0.837. The van der Waals surface area contributed by atoms with Gasteiger partial charge in [-0.15, -0.1) is 0 Å². The van der Waals surface area contributed by atoms with Gasteiger partial charge in [-0.1, -0.05) is 6.92 Å². The van der Waals surface area contributed by atoms with E-state index in [0.717, 1.165) is 18.6 Å². The van der Waals surface area contributed by atoms with Gasteiger partial charge in [-0.3, -0.25) is 0 Å². The van der Waals surface area contributed by atoms with Gasteiger partial charge in [0.2, 0.25) is 0 Å².